The lowest BCUT2D eigenvalue weighted by Gasteiger charge is -2.11. The lowest BCUT2D eigenvalue weighted by Crippen LogP contribution is -1.99. The molecule has 0 N–H and O–H groups in total. The van der Waals surface area contributed by atoms with Gasteiger partial charge in [0, 0.05) is 11.1 Å². The molecule has 0 unspecified atom stereocenters. The number of halogens is 6. The number of alkyl halides is 6. The van der Waals surface area contributed by atoms with Crippen molar-refractivity contribution in [1.29, 1.82) is 0 Å². The number of hydrogen-bond acceptors (Lipinski definition) is 3. The zero-order chi connectivity index (χ0) is 14.3. The molecule has 0 aliphatic rings. The summed E-state index contributed by atoms with van der Waals surface area (Å²) >= 11 is 34.3. The molecule has 2 aromatic rings. The summed E-state index contributed by atoms with van der Waals surface area (Å²) in [6.07, 6.45) is 0. The zero-order valence-corrected chi connectivity index (χ0v) is 13.4. The van der Waals surface area contributed by atoms with Gasteiger partial charge in [0.25, 0.3) is 9.68 Å². The Bertz CT molecular complexity index is 586. The van der Waals surface area contributed by atoms with Crippen LogP contribution in [0.3, 0.4) is 0 Å². The summed E-state index contributed by atoms with van der Waals surface area (Å²) in [6.45, 7) is 0. The van der Waals surface area contributed by atoms with Crippen molar-refractivity contribution < 1.29 is 4.42 Å². The van der Waals surface area contributed by atoms with Crippen molar-refractivity contribution in [3.05, 3.63) is 35.7 Å². The maximum Gasteiger partial charge on any atom is 0.268 e. The first kappa shape index (κ1) is 15.5. The molecule has 0 amide bonds. The molecule has 2 rings (SSSR count). The summed E-state index contributed by atoms with van der Waals surface area (Å²) in [4.78, 5) is 0. The van der Waals surface area contributed by atoms with E-state index in [2.05, 4.69) is 10.2 Å². The van der Waals surface area contributed by atoms with Crippen LogP contribution in [0.4, 0.5) is 0 Å². The van der Waals surface area contributed by atoms with Crippen LogP contribution in [0.2, 0.25) is 0 Å². The molecule has 19 heavy (non-hydrogen) atoms. The second-order valence-electron chi connectivity index (χ2n) is 3.49. The fourth-order valence-electron chi connectivity index (χ4n) is 1.28. The van der Waals surface area contributed by atoms with Crippen LogP contribution in [0.25, 0.3) is 11.5 Å². The molecule has 0 saturated heterocycles. The van der Waals surface area contributed by atoms with Crippen molar-refractivity contribution >= 4 is 69.6 Å². The molecule has 0 aliphatic carbocycles. The Morgan fingerprint density at radius 3 is 2.11 bits per heavy atom. The quantitative estimate of drug-likeness (QED) is 0.622. The molecule has 102 valence electrons. The minimum atomic E-state index is -1.78. The van der Waals surface area contributed by atoms with Crippen molar-refractivity contribution in [1.82, 2.24) is 10.2 Å². The monoisotopic (exact) mass is 378 g/mol. The highest BCUT2D eigenvalue weighted by molar-refractivity contribution is 6.67. The minimum Gasteiger partial charge on any atom is -0.416 e. The third kappa shape index (κ3) is 3.81. The second kappa shape index (κ2) is 5.47. The Kier molecular flexibility index (Phi) is 4.46. The summed E-state index contributed by atoms with van der Waals surface area (Å²) in [5.41, 5.74) is 1.01. The van der Waals surface area contributed by atoms with Crippen molar-refractivity contribution in [2.75, 3.05) is 0 Å². The molecule has 1 heterocycles. The van der Waals surface area contributed by atoms with E-state index >= 15 is 0 Å². The predicted octanol–water partition coefficient (Wildman–Crippen LogP) is 5.39. The Hall–Kier alpha value is 0.1000. The second-order valence-corrected chi connectivity index (χ2v) is 8.05. The average molecular weight is 381 g/mol. The van der Waals surface area contributed by atoms with E-state index < -0.39 is 7.59 Å². The van der Waals surface area contributed by atoms with Crippen molar-refractivity contribution in [3.63, 3.8) is 0 Å². The zero-order valence-electron chi connectivity index (χ0n) is 8.88. The van der Waals surface area contributed by atoms with Crippen LogP contribution in [0, 0.1) is 0 Å². The number of nitrogens with zero attached hydrogens (tertiary/aromatic N) is 2. The van der Waals surface area contributed by atoms with Gasteiger partial charge in [-0.05, 0) is 12.1 Å². The van der Waals surface area contributed by atoms with E-state index in [0.29, 0.717) is 11.1 Å². The van der Waals surface area contributed by atoms with Gasteiger partial charge in [-0.15, -0.1) is 10.2 Å². The summed E-state index contributed by atoms with van der Waals surface area (Å²) in [7, 11) is 0. The maximum absolute atomic E-state index is 5.80. The third-order valence-electron chi connectivity index (χ3n) is 2.10. The van der Waals surface area contributed by atoms with Crippen LogP contribution in [0.1, 0.15) is 11.5 Å². The number of rotatable bonds is 1. The molecular weight excluding hydrogens is 377 g/mol. The number of aromatic nitrogens is 2. The summed E-state index contributed by atoms with van der Waals surface area (Å²) < 4.78 is 1.93. The largest absolute Gasteiger partial charge is 0.416 e. The van der Waals surface area contributed by atoms with E-state index in [-0.39, 0.29) is 11.8 Å². The molecule has 1 aromatic carbocycles. The Morgan fingerprint density at radius 1 is 0.895 bits per heavy atom. The van der Waals surface area contributed by atoms with E-state index in [1.807, 2.05) is 0 Å². The molecular formula is C10H4Cl6N2O. The molecule has 0 bridgehead atoms. The predicted molar refractivity (Wildman–Crippen MR) is 78.2 cm³/mol. The van der Waals surface area contributed by atoms with Gasteiger partial charge in [-0.25, -0.2) is 0 Å². The Balaban J connectivity index is 2.40. The standard InChI is InChI=1S/C10H4Cl6N2O/c11-9(12,13)6-3-1-2-5(4-6)7-17-18-8(19-7)10(14,15)16/h1-4H. The minimum absolute atomic E-state index is 0.133. The van der Waals surface area contributed by atoms with E-state index in [1.54, 1.807) is 24.3 Å². The van der Waals surface area contributed by atoms with Gasteiger partial charge >= 0.3 is 0 Å². The first-order chi connectivity index (χ1) is 8.68. The molecule has 0 spiro atoms. The van der Waals surface area contributed by atoms with Gasteiger partial charge in [-0.1, -0.05) is 81.7 Å². The smallest absolute Gasteiger partial charge is 0.268 e. The summed E-state index contributed by atoms with van der Waals surface area (Å²) in [5, 5.41) is 7.42. The van der Waals surface area contributed by atoms with E-state index in [1.165, 1.54) is 0 Å². The molecule has 0 fully saturated rings. The SMILES string of the molecule is ClC(Cl)(Cl)c1cccc(-c2nnc(C(Cl)(Cl)Cl)o2)c1. The lowest BCUT2D eigenvalue weighted by molar-refractivity contribution is 0.514. The van der Waals surface area contributed by atoms with Gasteiger partial charge in [0.15, 0.2) is 0 Å². The molecule has 0 atom stereocenters. The number of hydrogen-bond donors (Lipinski definition) is 0. The normalized spacial score (nSPS) is 12.7. The molecule has 3 nitrogen and oxygen atoms in total. The molecule has 1 aromatic heterocycles. The summed E-state index contributed by atoms with van der Waals surface area (Å²) in [5.74, 6) is 0.0317. The van der Waals surface area contributed by atoms with Crippen molar-refractivity contribution in [2.24, 2.45) is 0 Å². The van der Waals surface area contributed by atoms with Crippen molar-refractivity contribution in [2.45, 2.75) is 7.59 Å². The first-order valence-corrected chi connectivity index (χ1v) is 7.03. The van der Waals surface area contributed by atoms with Crippen LogP contribution in [0.15, 0.2) is 28.7 Å². The third-order valence-corrected chi connectivity index (χ3v) is 3.24. The van der Waals surface area contributed by atoms with Crippen molar-refractivity contribution in [3.8, 4) is 11.5 Å². The van der Waals surface area contributed by atoms with E-state index in [0.717, 1.165) is 0 Å². The van der Waals surface area contributed by atoms with Gasteiger partial charge in [0.2, 0.25) is 9.68 Å². The molecule has 0 aliphatic heterocycles. The first-order valence-electron chi connectivity index (χ1n) is 4.76. The lowest BCUT2D eigenvalue weighted by atomic mass is 10.1. The molecule has 9 heteroatoms. The van der Waals surface area contributed by atoms with Gasteiger partial charge in [-0.3, -0.25) is 0 Å². The van der Waals surface area contributed by atoms with Crippen LogP contribution >= 0.6 is 69.6 Å². The van der Waals surface area contributed by atoms with Crippen LogP contribution in [-0.4, -0.2) is 10.2 Å². The topological polar surface area (TPSA) is 38.9 Å². The Labute approximate surface area is 138 Å². The average Bonchev–Trinajstić information content (AvgIpc) is 2.77. The van der Waals surface area contributed by atoms with Crippen LogP contribution < -0.4 is 0 Å². The van der Waals surface area contributed by atoms with Gasteiger partial charge in [0.1, 0.15) is 0 Å². The fraction of sp³-hybridized carbons (Fsp3) is 0.200. The fourth-order valence-corrected chi connectivity index (χ4v) is 1.86. The van der Waals surface area contributed by atoms with Gasteiger partial charge in [-0.2, -0.15) is 0 Å². The van der Waals surface area contributed by atoms with E-state index in [4.69, 9.17) is 74.0 Å². The van der Waals surface area contributed by atoms with Gasteiger partial charge in [0.05, 0.1) is 0 Å². The van der Waals surface area contributed by atoms with Gasteiger partial charge < -0.3 is 4.42 Å². The van der Waals surface area contributed by atoms with Crippen LogP contribution in [0.5, 0.6) is 0 Å². The highest BCUT2D eigenvalue weighted by Gasteiger charge is 2.31. The maximum atomic E-state index is 5.80. The van der Waals surface area contributed by atoms with Crippen LogP contribution in [-0.2, 0) is 7.59 Å². The molecule has 0 saturated carbocycles. The molecule has 0 radical (unpaired) electrons. The number of benzene rings is 1. The highest BCUT2D eigenvalue weighted by atomic mass is 35.6. The Morgan fingerprint density at radius 2 is 1.58 bits per heavy atom. The highest BCUT2D eigenvalue weighted by Crippen LogP contribution is 2.40. The summed E-state index contributed by atoms with van der Waals surface area (Å²) in [6, 6.07) is 6.65. The van der Waals surface area contributed by atoms with E-state index in [9.17, 15) is 0 Å².